The number of nitrogens with one attached hydrogen (secondary N) is 2. The van der Waals surface area contributed by atoms with Crippen molar-refractivity contribution in [2.45, 2.75) is 19.3 Å². The van der Waals surface area contributed by atoms with Crippen molar-refractivity contribution in [3.63, 3.8) is 0 Å². The molecule has 9 nitrogen and oxygen atoms in total. The van der Waals surface area contributed by atoms with Gasteiger partial charge in [-0.25, -0.2) is 0 Å². The first-order valence-corrected chi connectivity index (χ1v) is 9.71. The number of rotatable bonds is 9. The van der Waals surface area contributed by atoms with Crippen LogP contribution in [0.1, 0.15) is 29.6 Å². The minimum Gasteiger partial charge on any atom is -0.490 e. The number of carbonyl (C=O) groups excluding carboxylic acids is 2. The fourth-order valence-corrected chi connectivity index (χ4v) is 2.98. The summed E-state index contributed by atoms with van der Waals surface area (Å²) in [4.78, 5) is 34.9. The summed E-state index contributed by atoms with van der Waals surface area (Å²) in [6.07, 6.45) is 0.909. The van der Waals surface area contributed by atoms with Crippen LogP contribution in [-0.2, 0) is 4.79 Å². The van der Waals surface area contributed by atoms with E-state index < -0.39 is 4.92 Å². The molecule has 0 atom stereocenters. The molecule has 1 amide bonds. The van der Waals surface area contributed by atoms with Gasteiger partial charge in [-0.2, -0.15) is 0 Å². The topological polar surface area (TPSA) is 120 Å². The fraction of sp³-hybridized carbons (Fsp3) is 0.333. The Hall–Kier alpha value is -3.62. The molecule has 0 radical (unpaired) electrons. The summed E-state index contributed by atoms with van der Waals surface area (Å²) in [5.74, 6) is 0.748. The van der Waals surface area contributed by atoms with Gasteiger partial charge in [0.15, 0.2) is 17.3 Å². The Bertz CT molecular complexity index is 931. The Balaban J connectivity index is 1.41. The summed E-state index contributed by atoms with van der Waals surface area (Å²) >= 11 is 0. The molecule has 2 aromatic rings. The van der Waals surface area contributed by atoms with E-state index in [9.17, 15) is 19.7 Å². The number of nitro groups is 1. The fourth-order valence-electron chi connectivity index (χ4n) is 2.98. The molecule has 1 aliphatic rings. The minimum atomic E-state index is -0.466. The normalized spacial score (nSPS) is 12.5. The number of nitrogens with zero attached hydrogens (tertiary/aromatic N) is 1. The number of fused-ring (bicyclic) bond motifs is 1. The lowest BCUT2D eigenvalue weighted by atomic mass is 10.1. The zero-order valence-electron chi connectivity index (χ0n) is 16.4. The van der Waals surface area contributed by atoms with Crippen molar-refractivity contribution >= 4 is 23.1 Å². The number of Topliss-reactive ketones (excluding diaryl/α,β-unsaturated/α-hetero) is 1. The second-order valence-electron chi connectivity index (χ2n) is 6.69. The number of hydrogen-bond donors (Lipinski definition) is 2. The number of ketones is 1. The highest BCUT2D eigenvalue weighted by Crippen LogP contribution is 2.30. The average Bonchev–Trinajstić information content (AvgIpc) is 3.00. The first-order valence-electron chi connectivity index (χ1n) is 9.71. The summed E-state index contributed by atoms with van der Waals surface area (Å²) in [5.41, 5.74) is 0.844. The van der Waals surface area contributed by atoms with Gasteiger partial charge in [-0.3, -0.25) is 19.7 Å². The molecule has 1 aliphatic heterocycles. The molecule has 0 saturated carbocycles. The Kier molecular flexibility index (Phi) is 7.20. The Morgan fingerprint density at radius 2 is 1.77 bits per heavy atom. The Morgan fingerprint density at radius 1 is 1.00 bits per heavy atom. The van der Waals surface area contributed by atoms with Crippen molar-refractivity contribution in [1.29, 1.82) is 0 Å². The van der Waals surface area contributed by atoms with E-state index in [0.29, 0.717) is 42.5 Å². The Morgan fingerprint density at radius 3 is 2.57 bits per heavy atom. The molecule has 0 aromatic heterocycles. The van der Waals surface area contributed by atoms with Crippen LogP contribution in [0.2, 0.25) is 0 Å². The minimum absolute atomic E-state index is 0.0236. The molecular weight excluding hydrogens is 390 g/mol. The number of carbonyl (C=O) groups is 2. The van der Waals surface area contributed by atoms with E-state index in [1.807, 2.05) is 0 Å². The van der Waals surface area contributed by atoms with Crippen LogP contribution in [0.15, 0.2) is 42.5 Å². The lowest BCUT2D eigenvalue weighted by Crippen LogP contribution is -2.29. The molecule has 0 bridgehead atoms. The zero-order chi connectivity index (χ0) is 21.3. The molecule has 0 fully saturated rings. The second kappa shape index (κ2) is 10.2. The van der Waals surface area contributed by atoms with Gasteiger partial charge in [0.2, 0.25) is 5.91 Å². The summed E-state index contributed by atoms with van der Waals surface area (Å²) in [7, 11) is 0. The number of anilines is 1. The number of amides is 1. The third-order valence-electron chi connectivity index (χ3n) is 4.51. The van der Waals surface area contributed by atoms with Gasteiger partial charge in [-0.1, -0.05) is 12.1 Å². The summed E-state index contributed by atoms with van der Waals surface area (Å²) < 4.78 is 11.1. The molecule has 2 N–H and O–H groups in total. The van der Waals surface area contributed by atoms with Gasteiger partial charge in [0.1, 0.15) is 5.69 Å². The SMILES string of the molecule is O=C(CCC(=O)c1ccc2c(c1)OCCCO2)NCCNc1ccccc1[N+](=O)[O-]. The number of nitro benzene ring substituents is 1. The van der Waals surface area contributed by atoms with Gasteiger partial charge in [0.05, 0.1) is 18.1 Å². The Labute approximate surface area is 173 Å². The van der Waals surface area contributed by atoms with E-state index in [0.717, 1.165) is 6.42 Å². The highest BCUT2D eigenvalue weighted by molar-refractivity contribution is 5.98. The number of para-hydroxylation sites is 2. The smallest absolute Gasteiger partial charge is 0.292 e. The van der Waals surface area contributed by atoms with Crippen molar-refractivity contribution in [3.8, 4) is 11.5 Å². The molecule has 0 aliphatic carbocycles. The molecule has 30 heavy (non-hydrogen) atoms. The van der Waals surface area contributed by atoms with Gasteiger partial charge >= 0.3 is 0 Å². The molecule has 3 rings (SSSR count). The molecule has 9 heteroatoms. The van der Waals surface area contributed by atoms with Crippen LogP contribution >= 0.6 is 0 Å². The van der Waals surface area contributed by atoms with Gasteiger partial charge < -0.3 is 20.1 Å². The van der Waals surface area contributed by atoms with Gasteiger partial charge in [-0.05, 0) is 24.3 Å². The van der Waals surface area contributed by atoms with Crippen LogP contribution in [0.25, 0.3) is 0 Å². The maximum absolute atomic E-state index is 12.4. The lowest BCUT2D eigenvalue weighted by molar-refractivity contribution is -0.384. The second-order valence-corrected chi connectivity index (χ2v) is 6.69. The number of ether oxygens (including phenoxy) is 2. The number of hydrogen-bond acceptors (Lipinski definition) is 7. The maximum atomic E-state index is 12.4. The van der Waals surface area contributed by atoms with Crippen LogP contribution < -0.4 is 20.1 Å². The molecule has 1 heterocycles. The van der Waals surface area contributed by atoms with E-state index in [2.05, 4.69) is 10.6 Å². The molecule has 158 valence electrons. The van der Waals surface area contributed by atoms with Crippen LogP contribution in [0, 0.1) is 10.1 Å². The molecule has 0 spiro atoms. The van der Waals surface area contributed by atoms with E-state index in [1.54, 1.807) is 36.4 Å². The van der Waals surface area contributed by atoms with E-state index in [4.69, 9.17) is 9.47 Å². The lowest BCUT2D eigenvalue weighted by Gasteiger charge is -2.09. The number of benzene rings is 2. The quantitative estimate of drug-likeness (QED) is 0.281. The first-order chi connectivity index (χ1) is 14.5. The van der Waals surface area contributed by atoms with Crippen LogP contribution in [0.3, 0.4) is 0 Å². The van der Waals surface area contributed by atoms with Crippen molar-refractivity contribution in [2.24, 2.45) is 0 Å². The predicted octanol–water partition coefficient (Wildman–Crippen LogP) is 2.95. The van der Waals surface area contributed by atoms with Gasteiger partial charge in [0, 0.05) is 44.0 Å². The van der Waals surface area contributed by atoms with Crippen molar-refractivity contribution in [2.75, 3.05) is 31.6 Å². The van der Waals surface area contributed by atoms with Crippen LogP contribution in [0.5, 0.6) is 11.5 Å². The highest BCUT2D eigenvalue weighted by Gasteiger charge is 2.15. The van der Waals surface area contributed by atoms with Crippen molar-refractivity contribution in [1.82, 2.24) is 5.32 Å². The highest BCUT2D eigenvalue weighted by atomic mass is 16.6. The first kappa shape index (κ1) is 21.1. The van der Waals surface area contributed by atoms with Crippen molar-refractivity contribution in [3.05, 3.63) is 58.1 Å². The maximum Gasteiger partial charge on any atom is 0.292 e. The van der Waals surface area contributed by atoms with Crippen LogP contribution in [-0.4, -0.2) is 42.9 Å². The van der Waals surface area contributed by atoms with Crippen LogP contribution in [0.4, 0.5) is 11.4 Å². The summed E-state index contributed by atoms with van der Waals surface area (Å²) in [5, 5.41) is 16.6. The largest absolute Gasteiger partial charge is 0.490 e. The van der Waals surface area contributed by atoms with E-state index >= 15 is 0 Å². The summed E-state index contributed by atoms with van der Waals surface area (Å²) in [6, 6.07) is 11.3. The monoisotopic (exact) mass is 413 g/mol. The third-order valence-corrected chi connectivity index (χ3v) is 4.51. The molecule has 0 unspecified atom stereocenters. The van der Waals surface area contributed by atoms with Gasteiger partial charge in [-0.15, -0.1) is 0 Å². The van der Waals surface area contributed by atoms with E-state index in [-0.39, 0.29) is 36.8 Å². The van der Waals surface area contributed by atoms with Gasteiger partial charge in [0.25, 0.3) is 5.69 Å². The molecular formula is C21H23N3O6. The summed E-state index contributed by atoms with van der Waals surface area (Å²) in [6.45, 7) is 1.72. The third kappa shape index (κ3) is 5.69. The van der Waals surface area contributed by atoms with E-state index in [1.165, 1.54) is 6.07 Å². The standard InChI is InChI=1S/C21H23N3O6/c25-18(15-6-8-19-20(14-15)30-13-3-12-29-19)7-9-21(26)23-11-10-22-16-4-1-2-5-17(16)24(27)28/h1-2,4-6,8,14,22H,3,7,9-13H2,(H,23,26). The molecule has 2 aromatic carbocycles. The zero-order valence-corrected chi connectivity index (χ0v) is 16.4. The average molecular weight is 413 g/mol. The van der Waals surface area contributed by atoms with Crippen molar-refractivity contribution < 1.29 is 24.0 Å². The molecule has 0 saturated heterocycles. The predicted molar refractivity (Wildman–Crippen MR) is 110 cm³/mol.